The number of carbonyl (C=O) groups excluding carboxylic acids is 1. The predicted molar refractivity (Wildman–Crippen MR) is 188 cm³/mol. The average Bonchev–Trinajstić information content (AvgIpc) is 2.94. The first kappa shape index (κ1) is 40.4. The molecule has 0 aliphatic heterocycles. The van der Waals surface area contributed by atoms with Crippen LogP contribution in [0.2, 0.25) is 0 Å². The molecule has 0 unspecified atom stereocenters. The second-order valence-electron chi connectivity index (χ2n) is 13.1. The van der Waals surface area contributed by atoms with Crippen molar-refractivity contribution >= 4 is 5.97 Å². The highest BCUT2D eigenvalue weighted by molar-refractivity contribution is 5.69. The number of esters is 1. The number of hydrogen-bond acceptors (Lipinski definition) is 2. The lowest BCUT2D eigenvalue weighted by Gasteiger charge is -2.05. The molecule has 244 valence electrons. The van der Waals surface area contributed by atoms with Gasteiger partial charge in [0.1, 0.15) is 6.61 Å². The van der Waals surface area contributed by atoms with Gasteiger partial charge < -0.3 is 4.74 Å². The first-order valence-electron chi connectivity index (χ1n) is 18.1. The Morgan fingerprint density at radius 3 is 1.21 bits per heavy atom. The van der Waals surface area contributed by atoms with Gasteiger partial charge in [0.2, 0.25) is 0 Å². The molecule has 42 heavy (non-hydrogen) atoms. The second kappa shape index (κ2) is 30.9. The van der Waals surface area contributed by atoms with Gasteiger partial charge in [-0.15, -0.1) is 0 Å². The summed E-state index contributed by atoms with van der Waals surface area (Å²) in [6.45, 7) is 13.7. The molecule has 0 N–H and O–H groups in total. The van der Waals surface area contributed by atoms with E-state index >= 15 is 0 Å². The van der Waals surface area contributed by atoms with Gasteiger partial charge in [0.15, 0.2) is 0 Å². The zero-order chi connectivity index (χ0) is 31.1. The molecule has 0 atom stereocenters. The number of ether oxygens (including phenoxy) is 1. The van der Waals surface area contributed by atoms with Gasteiger partial charge in [0.25, 0.3) is 0 Å². The minimum Gasteiger partial charge on any atom is -0.461 e. The van der Waals surface area contributed by atoms with Gasteiger partial charge in [-0.2, -0.15) is 0 Å². The summed E-state index contributed by atoms with van der Waals surface area (Å²) in [5.74, 6) is -0.0417. The lowest BCUT2D eigenvalue weighted by atomic mass is 10.0. The summed E-state index contributed by atoms with van der Waals surface area (Å²) in [6, 6.07) is 0. The molecule has 0 heterocycles. The van der Waals surface area contributed by atoms with E-state index in [1.54, 1.807) is 0 Å². The van der Waals surface area contributed by atoms with E-state index in [2.05, 4.69) is 65.8 Å². The molecule has 2 nitrogen and oxygen atoms in total. The summed E-state index contributed by atoms with van der Waals surface area (Å²) in [7, 11) is 0. The van der Waals surface area contributed by atoms with Gasteiger partial charge >= 0.3 is 5.97 Å². The Labute approximate surface area is 263 Å². The predicted octanol–water partition coefficient (Wildman–Crippen LogP) is 13.7. The Morgan fingerprint density at radius 2 is 0.810 bits per heavy atom. The minimum absolute atomic E-state index is 0.0417. The summed E-state index contributed by atoms with van der Waals surface area (Å²) in [5.41, 5.74) is 5.68. The van der Waals surface area contributed by atoms with Gasteiger partial charge in [0.05, 0.1) is 0 Å². The molecule has 0 fully saturated rings. The average molecular weight is 585 g/mol. The third-order valence-electron chi connectivity index (χ3n) is 8.31. The van der Waals surface area contributed by atoms with Crippen molar-refractivity contribution < 1.29 is 9.53 Å². The van der Waals surface area contributed by atoms with Crippen molar-refractivity contribution in [3.63, 3.8) is 0 Å². The molecule has 0 aliphatic carbocycles. The molecule has 0 aromatic heterocycles. The van der Waals surface area contributed by atoms with E-state index in [0.717, 1.165) is 44.9 Å². The van der Waals surface area contributed by atoms with E-state index < -0.39 is 0 Å². The molecule has 0 aliphatic rings. The zero-order valence-electron chi connectivity index (χ0n) is 29.3. The van der Waals surface area contributed by atoms with Crippen molar-refractivity contribution in [3.8, 4) is 0 Å². The van der Waals surface area contributed by atoms with Crippen LogP contribution in [0.15, 0.2) is 46.6 Å². The van der Waals surface area contributed by atoms with Gasteiger partial charge in [-0.1, -0.05) is 150 Å². The maximum atomic E-state index is 12.1. The van der Waals surface area contributed by atoms with E-state index in [-0.39, 0.29) is 5.97 Å². The molecular weight excluding hydrogens is 512 g/mol. The summed E-state index contributed by atoms with van der Waals surface area (Å²) < 4.78 is 5.44. The maximum Gasteiger partial charge on any atom is 0.306 e. The van der Waals surface area contributed by atoms with E-state index in [1.807, 2.05) is 0 Å². The van der Waals surface area contributed by atoms with E-state index in [4.69, 9.17) is 4.74 Å². The summed E-state index contributed by atoms with van der Waals surface area (Å²) in [5, 5.41) is 0. The fraction of sp³-hybridized carbons (Fsp3) is 0.775. The van der Waals surface area contributed by atoms with Crippen molar-refractivity contribution in [2.45, 2.75) is 196 Å². The Hall–Kier alpha value is -1.57. The van der Waals surface area contributed by atoms with Crippen LogP contribution in [-0.4, -0.2) is 12.6 Å². The summed E-state index contributed by atoms with van der Waals surface area (Å²) >= 11 is 0. The number of hydrogen-bond donors (Lipinski definition) is 0. The zero-order valence-corrected chi connectivity index (χ0v) is 29.3. The van der Waals surface area contributed by atoms with E-state index in [0.29, 0.717) is 13.0 Å². The van der Waals surface area contributed by atoms with Crippen LogP contribution in [-0.2, 0) is 9.53 Å². The van der Waals surface area contributed by atoms with Crippen LogP contribution < -0.4 is 0 Å². The lowest BCUT2D eigenvalue weighted by Crippen LogP contribution is -2.04. The van der Waals surface area contributed by atoms with Crippen molar-refractivity contribution in [1.82, 2.24) is 0 Å². The molecule has 0 saturated heterocycles. The Balaban J connectivity index is 3.62. The van der Waals surface area contributed by atoms with Gasteiger partial charge in [-0.3, -0.25) is 4.79 Å². The standard InChI is InChI=1S/C40H72O2/c1-7-8-9-10-11-12-13-14-15-16-17-18-19-20-21-22-23-33-40(41)42-35-34-39(6)32-26-31-38(5)30-25-29-37(4)28-24-27-36(2)3/h27,29,31,34H,7-26,28,30,32-33,35H2,1-6H3/b37-29+,38-31?,39-34+. The molecule has 0 bridgehead atoms. The number of unbranched alkanes of at least 4 members (excludes halogenated alkanes) is 16. The van der Waals surface area contributed by atoms with E-state index in [1.165, 1.54) is 125 Å². The van der Waals surface area contributed by atoms with Crippen molar-refractivity contribution in [1.29, 1.82) is 0 Å². The van der Waals surface area contributed by atoms with Crippen LogP contribution in [0.3, 0.4) is 0 Å². The summed E-state index contributed by atoms with van der Waals surface area (Å²) in [6.07, 6.45) is 39.5. The molecule has 0 aromatic rings. The molecular formula is C40H72O2. The van der Waals surface area contributed by atoms with Gasteiger partial charge in [0, 0.05) is 6.42 Å². The van der Waals surface area contributed by atoms with Crippen LogP contribution in [0.4, 0.5) is 0 Å². The highest BCUT2D eigenvalue weighted by Gasteiger charge is 2.02. The van der Waals surface area contributed by atoms with Gasteiger partial charge in [-0.25, -0.2) is 0 Å². The maximum absolute atomic E-state index is 12.1. The first-order valence-corrected chi connectivity index (χ1v) is 18.1. The molecule has 0 aromatic carbocycles. The Kier molecular flexibility index (Phi) is 29.7. The van der Waals surface area contributed by atoms with Crippen molar-refractivity contribution in [2.75, 3.05) is 6.61 Å². The van der Waals surface area contributed by atoms with Crippen LogP contribution in [0, 0.1) is 0 Å². The van der Waals surface area contributed by atoms with E-state index in [9.17, 15) is 4.79 Å². The fourth-order valence-electron chi connectivity index (χ4n) is 5.33. The second-order valence-corrected chi connectivity index (χ2v) is 13.1. The molecule has 0 amide bonds. The molecule has 2 heteroatoms. The molecule has 0 saturated carbocycles. The smallest absolute Gasteiger partial charge is 0.306 e. The molecule has 0 spiro atoms. The third kappa shape index (κ3) is 31.4. The monoisotopic (exact) mass is 585 g/mol. The number of rotatable bonds is 29. The van der Waals surface area contributed by atoms with Crippen LogP contribution in [0.1, 0.15) is 196 Å². The van der Waals surface area contributed by atoms with Crippen LogP contribution in [0.5, 0.6) is 0 Å². The largest absolute Gasteiger partial charge is 0.461 e. The van der Waals surface area contributed by atoms with Crippen LogP contribution >= 0.6 is 0 Å². The highest BCUT2D eigenvalue weighted by atomic mass is 16.5. The Bertz CT molecular complexity index is 748. The SMILES string of the molecule is CCCCCCCCCCCCCCCCCCCC(=O)OC/C=C(\C)CCC=C(C)CC/C=C(\C)CCC=C(C)C. The first-order chi connectivity index (χ1) is 20.3. The molecule has 0 radical (unpaired) electrons. The number of allylic oxidation sites excluding steroid dienone is 7. The third-order valence-corrected chi connectivity index (χ3v) is 8.31. The Morgan fingerprint density at radius 1 is 0.452 bits per heavy atom. The minimum atomic E-state index is -0.0417. The van der Waals surface area contributed by atoms with Crippen molar-refractivity contribution in [2.24, 2.45) is 0 Å². The number of carbonyl (C=O) groups is 1. The molecule has 0 rings (SSSR count). The quantitative estimate of drug-likeness (QED) is 0.0496. The van der Waals surface area contributed by atoms with Gasteiger partial charge in [-0.05, 0) is 85.6 Å². The summed E-state index contributed by atoms with van der Waals surface area (Å²) in [4.78, 5) is 12.1. The van der Waals surface area contributed by atoms with Crippen molar-refractivity contribution in [3.05, 3.63) is 46.6 Å². The van der Waals surface area contributed by atoms with Crippen LogP contribution in [0.25, 0.3) is 0 Å². The lowest BCUT2D eigenvalue weighted by molar-refractivity contribution is -0.142. The fourth-order valence-corrected chi connectivity index (χ4v) is 5.33. The highest BCUT2D eigenvalue weighted by Crippen LogP contribution is 2.16. The normalized spacial score (nSPS) is 12.6. The topological polar surface area (TPSA) is 26.3 Å².